The summed E-state index contributed by atoms with van der Waals surface area (Å²) in [5.74, 6) is 0.821. The maximum Gasteiger partial charge on any atom is 0.270 e. The largest absolute Gasteiger partial charge is 0.470 e. The van der Waals surface area contributed by atoms with Gasteiger partial charge in [0.15, 0.2) is 0 Å². The highest BCUT2D eigenvalue weighted by atomic mass is 16.6. The van der Waals surface area contributed by atoms with E-state index in [1.54, 1.807) is 6.26 Å². The SMILES string of the molecule is Cc1ccco1.NC(=NC=O)c1cc([N+](=O)[O-])ccc1N. The Morgan fingerprint density at radius 1 is 1.43 bits per heavy atom. The second-order valence-corrected chi connectivity index (χ2v) is 3.87. The molecule has 2 aromatic rings. The van der Waals surface area contributed by atoms with Crippen LogP contribution in [-0.4, -0.2) is 17.2 Å². The van der Waals surface area contributed by atoms with Crippen LogP contribution in [0.15, 0.2) is 46.0 Å². The smallest absolute Gasteiger partial charge is 0.270 e. The first-order chi connectivity index (χ1) is 9.95. The maximum atomic E-state index is 10.5. The monoisotopic (exact) mass is 290 g/mol. The van der Waals surface area contributed by atoms with Crippen LogP contribution in [-0.2, 0) is 4.79 Å². The molecule has 0 saturated carbocycles. The number of hydrogen-bond donors (Lipinski definition) is 2. The maximum absolute atomic E-state index is 10.5. The first-order valence-corrected chi connectivity index (χ1v) is 5.77. The lowest BCUT2D eigenvalue weighted by Crippen LogP contribution is -2.15. The van der Waals surface area contributed by atoms with E-state index in [2.05, 4.69) is 4.99 Å². The highest BCUT2D eigenvalue weighted by molar-refractivity contribution is 6.05. The van der Waals surface area contributed by atoms with Crippen LogP contribution in [0.3, 0.4) is 0 Å². The molecule has 0 atom stereocenters. The molecular formula is C13H14N4O4. The summed E-state index contributed by atoms with van der Waals surface area (Å²) < 4.78 is 4.83. The van der Waals surface area contributed by atoms with Gasteiger partial charge in [0, 0.05) is 23.4 Å². The number of carbonyl (C=O) groups excluding carboxylic acids is 1. The predicted molar refractivity (Wildman–Crippen MR) is 77.7 cm³/mol. The normalized spacial score (nSPS) is 10.4. The van der Waals surface area contributed by atoms with Gasteiger partial charge in [-0.2, -0.15) is 4.99 Å². The summed E-state index contributed by atoms with van der Waals surface area (Å²) in [6.45, 7) is 1.92. The standard InChI is InChI=1S/C8H8N4O3.C5H6O/c9-7-2-1-5(12(14)15)3-6(7)8(10)11-4-13;1-5-3-2-4-6-5/h1-4H,9H2,(H2,10,11,13);2-4H,1H3. The number of aliphatic imine (C=N–C) groups is 1. The van der Waals surface area contributed by atoms with E-state index in [1.165, 1.54) is 12.1 Å². The van der Waals surface area contributed by atoms with Gasteiger partial charge in [0.1, 0.15) is 11.6 Å². The van der Waals surface area contributed by atoms with Crippen molar-refractivity contribution in [3.63, 3.8) is 0 Å². The molecule has 0 aliphatic heterocycles. The van der Waals surface area contributed by atoms with E-state index in [9.17, 15) is 14.9 Å². The molecule has 0 bridgehead atoms. The number of nitro benzene ring substituents is 1. The van der Waals surface area contributed by atoms with Crippen molar-refractivity contribution in [3.05, 3.63) is 58.0 Å². The molecule has 0 unspecified atom stereocenters. The molecule has 110 valence electrons. The molecule has 8 heteroatoms. The van der Waals surface area contributed by atoms with Crippen LogP contribution in [0.4, 0.5) is 11.4 Å². The van der Waals surface area contributed by atoms with Gasteiger partial charge >= 0.3 is 0 Å². The van der Waals surface area contributed by atoms with Gasteiger partial charge in [-0.3, -0.25) is 14.9 Å². The molecule has 1 heterocycles. The summed E-state index contributed by atoms with van der Waals surface area (Å²) in [7, 11) is 0. The molecule has 0 fully saturated rings. The number of nitrogens with two attached hydrogens (primary N) is 2. The fraction of sp³-hybridized carbons (Fsp3) is 0.0769. The summed E-state index contributed by atoms with van der Waals surface area (Å²) in [5.41, 5.74) is 11.2. The van der Waals surface area contributed by atoms with Crippen molar-refractivity contribution in [1.82, 2.24) is 0 Å². The number of nitrogens with zero attached hydrogens (tertiary/aromatic N) is 2. The van der Waals surface area contributed by atoms with Gasteiger partial charge < -0.3 is 15.9 Å². The van der Waals surface area contributed by atoms with E-state index in [1.807, 2.05) is 19.1 Å². The molecule has 0 aliphatic rings. The lowest BCUT2D eigenvalue weighted by Gasteiger charge is -2.03. The lowest BCUT2D eigenvalue weighted by molar-refractivity contribution is -0.384. The Bertz CT molecular complexity index is 650. The molecule has 0 spiro atoms. The summed E-state index contributed by atoms with van der Waals surface area (Å²) >= 11 is 0. The molecule has 0 aliphatic carbocycles. The fourth-order valence-electron chi connectivity index (χ4n) is 1.37. The molecule has 1 amide bonds. The molecule has 1 aromatic heterocycles. The Balaban J connectivity index is 0.000000304. The Morgan fingerprint density at radius 3 is 2.57 bits per heavy atom. The quantitative estimate of drug-likeness (QED) is 0.220. The van der Waals surface area contributed by atoms with Crippen LogP contribution in [0.25, 0.3) is 0 Å². The van der Waals surface area contributed by atoms with E-state index < -0.39 is 4.92 Å². The molecular weight excluding hydrogens is 276 g/mol. The summed E-state index contributed by atoms with van der Waals surface area (Å²) in [6, 6.07) is 7.53. The highest BCUT2D eigenvalue weighted by Crippen LogP contribution is 2.19. The van der Waals surface area contributed by atoms with Crippen LogP contribution in [0.2, 0.25) is 0 Å². The van der Waals surface area contributed by atoms with Crippen molar-refractivity contribution in [2.24, 2.45) is 10.7 Å². The van der Waals surface area contributed by atoms with Gasteiger partial charge in [-0.15, -0.1) is 0 Å². The Labute approximate surface area is 120 Å². The van der Waals surface area contributed by atoms with Gasteiger partial charge in [0.25, 0.3) is 5.69 Å². The first-order valence-electron chi connectivity index (χ1n) is 5.77. The Hall–Kier alpha value is -3.16. The number of carbonyl (C=O) groups is 1. The second-order valence-electron chi connectivity index (χ2n) is 3.87. The zero-order valence-corrected chi connectivity index (χ0v) is 11.2. The van der Waals surface area contributed by atoms with Gasteiger partial charge in [-0.1, -0.05) is 0 Å². The van der Waals surface area contributed by atoms with E-state index in [4.69, 9.17) is 15.9 Å². The van der Waals surface area contributed by atoms with Crippen LogP contribution >= 0.6 is 0 Å². The third-order valence-electron chi connectivity index (χ3n) is 2.38. The summed E-state index contributed by atoms with van der Waals surface area (Å²) in [4.78, 5) is 23.2. The number of hydrogen-bond acceptors (Lipinski definition) is 5. The van der Waals surface area contributed by atoms with Crippen molar-refractivity contribution in [1.29, 1.82) is 0 Å². The highest BCUT2D eigenvalue weighted by Gasteiger charge is 2.11. The number of furan rings is 1. The lowest BCUT2D eigenvalue weighted by atomic mass is 10.1. The Morgan fingerprint density at radius 2 is 2.14 bits per heavy atom. The number of rotatable bonds is 3. The van der Waals surface area contributed by atoms with E-state index in [0.717, 1.165) is 11.8 Å². The molecule has 4 N–H and O–H groups in total. The summed E-state index contributed by atoms with van der Waals surface area (Å²) in [5, 5.41) is 10.5. The minimum atomic E-state index is -0.586. The Kier molecular flexibility index (Phi) is 5.63. The topological polar surface area (TPSA) is 138 Å². The van der Waals surface area contributed by atoms with E-state index in [0.29, 0.717) is 0 Å². The number of benzene rings is 1. The molecule has 1 aromatic carbocycles. The van der Waals surface area contributed by atoms with Crippen molar-refractivity contribution in [2.45, 2.75) is 6.92 Å². The average Bonchev–Trinajstić information content (AvgIpc) is 2.91. The van der Waals surface area contributed by atoms with Crippen molar-refractivity contribution >= 4 is 23.6 Å². The van der Waals surface area contributed by atoms with Crippen molar-refractivity contribution in [2.75, 3.05) is 5.73 Å². The minimum Gasteiger partial charge on any atom is -0.470 e. The van der Waals surface area contributed by atoms with Gasteiger partial charge in [0.2, 0.25) is 6.41 Å². The number of non-ortho nitro benzene ring substituents is 1. The van der Waals surface area contributed by atoms with Crippen LogP contribution in [0.5, 0.6) is 0 Å². The van der Waals surface area contributed by atoms with Crippen molar-refractivity contribution in [3.8, 4) is 0 Å². The van der Waals surface area contributed by atoms with E-state index in [-0.39, 0.29) is 29.2 Å². The number of anilines is 1. The summed E-state index contributed by atoms with van der Waals surface area (Å²) in [6.07, 6.45) is 1.91. The average molecular weight is 290 g/mol. The van der Waals surface area contributed by atoms with Gasteiger partial charge in [-0.05, 0) is 25.1 Å². The molecule has 0 radical (unpaired) electrons. The van der Waals surface area contributed by atoms with Crippen molar-refractivity contribution < 1.29 is 14.1 Å². The minimum absolute atomic E-state index is 0.147. The van der Waals surface area contributed by atoms with Gasteiger partial charge in [-0.25, -0.2) is 0 Å². The zero-order chi connectivity index (χ0) is 15.8. The predicted octanol–water partition coefficient (Wildman–Crippen LogP) is 1.63. The zero-order valence-electron chi connectivity index (χ0n) is 11.2. The number of amides is 1. The molecule has 21 heavy (non-hydrogen) atoms. The number of aryl methyl sites for hydroxylation is 1. The van der Waals surface area contributed by atoms with Gasteiger partial charge in [0.05, 0.1) is 11.2 Å². The van der Waals surface area contributed by atoms with Crippen LogP contribution in [0, 0.1) is 17.0 Å². The molecule has 8 nitrogen and oxygen atoms in total. The van der Waals surface area contributed by atoms with Crippen LogP contribution in [0.1, 0.15) is 11.3 Å². The van der Waals surface area contributed by atoms with Crippen LogP contribution < -0.4 is 11.5 Å². The third-order valence-corrected chi connectivity index (χ3v) is 2.38. The number of nitro groups is 1. The van der Waals surface area contributed by atoms with E-state index >= 15 is 0 Å². The third kappa shape index (κ3) is 4.78. The number of amidine groups is 1. The fourth-order valence-corrected chi connectivity index (χ4v) is 1.37. The number of nitrogen functional groups attached to an aromatic ring is 1. The first kappa shape index (κ1) is 15.9. The molecule has 2 rings (SSSR count). The second kappa shape index (κ2) is 7.43. The molecule has 0 saturated heterocycles.